The Morgan fingerprint density at radius 1 is 1.12 bits per heavy atom. The van der Waals surface area contributed by atoms with Gasteiger partial charge in [-0.05, 0) is 51.3 Å². The van der Waals surface area contributed by atoms with E-state index in [-0.39, 0.29) is 11.8 Å². The average molecular weight is 442 g/mol. The summed E-state index contributed by atoms with van der Waals surface area (Å²) in [5.41, 5.74) is 1.87. The lowest BCUT2D eigenvalue weighted by atomic mass is 9.91. The van der Waals surface area contributed by atoms with Crippen molar-refractivity contribution < 1.29 is 14.3 Å². The number of carbonyl (C=O) groups excluding carboxylic acids is 1. The Balaban J connectivity index is 1.54. The maximum atomic E-state index is 11.7. The van der Waals surface area contributed by atoms with Gasteiger partial charge in [-0.2, -0.15) is 0 Å². The zero-order chi connectivity index (χ0) is 22.5. The summed E-state index contributed by atoms with van der Waals surface area (Å²) in [7, 11) is 3.51. The zero-order valence-electron chi connectivity index (χ0n) is 19.5. The van der Waals surface area contributed by atoms with Crippen LogP contribution in [0.4, 0.5) is 5.95 Å². The molecule has 2 aromatic rings. The first-order chi connectivity index (χ1) is 15.6. The second kappa shape index (κ2) is 10.3. The molecule has 174 valence electrons. The molecule has 1 aromatic heterocycles. The fourth-order valence-electron chi connectivity index (χ4n) is 4.80. The second-order valence-corrected chi connectivity index (χ2v) is 8.73. The van der Waals surface area contributed by atoms with Crippen molar-refractivity contribution >= 4 is 22.8 Å². The lowest BCUT2D eigenvalue weighted by Gasteiger charge is -2.31. The second-order valence-electron chi connectivity index (χ2n) is 8.73. The molecule has 0 atom stereocenters. The van der Waals surface area contributed by atoms with Crippen molar-refractivity contribution in [2.24, 2.45) is 0 Å². The van der Waals surface area contributed by atoms with Crippen molar-refractivity contribution in [2.75, 3.05) is 58.8 Å². The third-order valence-electron chi connectivity index (χ3n) is 6.64. The van der Waals surface area contributed by atoms with E-state index in [0.29, 0.717) is 18.3 Å². The van der Waals surface area contributed by atoms with Gasteiger partial charge in [0, 0.05) is 51.0 Å². The number of ether oxygens (including phenoxy) is 2. The standard InChI is InChI=1S/C24H35N5O3/c1-17(30)29-12-7-18(8-13-29)23-19-15-21(31-3)22(16-20(19)26-24(25-2)27-23)32-14-6-11-28-9-4-5-10-28/h15-16,18H,4-14H2,1-3H3,(H,25,26,27). The van der Waals surface area contributed by atoms with Gasteiger partial charge in [0.05, 0.1) is 24.9 Å². The monoisotopic (exact) mass is 441 g/mol. The van der Waals surface area contributed by atoms with Gasteiger partial charge in [0.2, 0.25) is 11.9 Å². The van der Waals surface area contributed by atoms with Crippen LogP contribution in [0.25, 0.3) is 10.9 Å². The van der Waals surface area contributed by atoms with E-state index < -0.39 is 0 Å². The number of hydrogen-bond donors (Lipinski definition) is 1. The highest BCUT2D eigenvalue weighted by Crippen LogP contribution is 2.38. The summed E-state index contributed by atoms with van der Waals surface area (Å²) in [6.45, 7) is 7.29. The maximum Gasteiger partial charge on any atom is 0.223 e. The van der Waals surface area contributed by atoms with E-state index in [1.54, 1.807) is 14.0 Å². The van der Waals surface area contributed by atoms with Gasteiger partial charge in [-0.15, -0.1) is 0 Å². The van der Waals surface area contributed by atoms with Gasteiger partial charge < -0.3 is 24.6 Å². The summed E-state index contributed by atoms with van der Waals surface area (Å²) in [6.07, 6.45) is 5.40. The molecule has 8 heteroatoms. The van der Waals surface area contributed by atoms with E-state index in [4.69, 9.17) is 14.5 Å². The number of methoxy groups -OCH3 is 1. The lowest BCUT2D eigenvalue weighted by Crippen LogP contribution is -2.36. The average Bonchev–Trinajstić information content (AvgIpc) is 3.34. The van der Waals surface area contributed by atoms with Crippen LogP contribution in [0.2, 0.25) is 0 Å². The van der Waals surface area contributed by atoms with Gasteiger partial charge >= 0.3 is 0 Å². The number of carbonyl (C=O) groups is 1. The van der Waals surface area contributed by atoms with E-state index >= 15 is 0 Å². The number of anilines is 1. The van der Waals surface area contributed by atoms with Gasteiger partial charge in [0.1, 0.15) is 0 Å². The number of nitrogens with zero attached hydrogens (tertiary/aromatic N) is 4. The van der Waals surface area contributed by atoms with Gasteiger partial charge in [-0.3, -0.25) is 4.79 Å². The minimum absolute atomic E-state index is 0.139. The van der Waals surface area contributed by atoms with Gasteiger partial charge in [-0.25, -0.2) is 9.97 Å². The van der Waals surface area contributed by atoms with Crippen molar-refractivity contribution in [2.45, 2.75) is 44.9 Å². The molecular formula is C24H35N5O3. The summed E-state index contributed by atoms with van der Waals surface area (Å²) in [6, 6.07) is 3.98. The van der Waals surface area contributed by atoms with Crippen LogP contribution in [0.5, 0.6) is 11.5 Å². The molecule has 1 amide bonds. The van der Waals surface area contributed by atoms with Crippen molar-refractivity contribution in [3.05, 3.63) is 17.8 Å². The molecule has 3 heterocycles. The molecule has 0 radical (unpaired) electrons. The summed E-state index contributed by atoms with van der Waals surface area (Å²) in [4.78, 5) is 25.6. The number of nitrogens with one attached hydrogen (secondary N) is 1. The lowest BCUT2D eigenvalue weighted by molar-refractivity contribution is -0.129. The molecule has 1 aromatic carbocycles. The normalized spacial score (nSPS) is 17.7. The van der Waals surface area contributed by atoms with Crippen LogP contribution in [-0.4, -0.2) is 79.2 Å². The molecule has 2 aliphatic heterocycles. The van der Waals surface area contributed by atoms with Crippen molar-refractivity contribution in [1.82, 2.24) is 19.8 Å². The van der Waals surface area contributed by atoms with Crippen molar-refractivity contribution in [3.63, 3.8) is 0 Å². The molecule has 2 aliphatic rings. The molecule has 0 unspecified atom stereocenters. The molecule has 0 spiro atoms. The van der Waals surface area contributed by atoms with Crippen LogP contribution in [0.15, 0.2) is 12.1 Å². The van der Waals surface area contributed by atoms with Gasteiger partial charge in [0.25, 0.3) is 0 Å². The predicted molar refractivity (Wildman–Crippen MR) is 126 cm³/mol. The Bertz CT molecular complexity index is 937. The third-order valence-corrected chi connectivity index (χ3v) is 6.64. The SMILES string of the molecule is CNc1nc(C2CCN(C(C)=O)CC2)c2cc(OC)c(OCCCN3CCCC3)cc2n1. The van der Waals surface area contributed by atoms with Crippen LogP contribution in [0.3, 0.4) is 0 Å². The minimum atomic E-state index is 0.139. The van der Waals surface area contributed by atoms with E-state index in [0.717, 1.165) is 61.2 Å². The number of hydrogen-bond acceptors (Lipinski definition) is 7. The quantitative estimate of drug-likeness (QED) is 0.630. The Morgan fingerprint density at radius 2 is 1.88 bits per heavy atom. The Labute approximate surface area is 190 Å². The minimum Gasteiger partial charge on any atom is -0.493 e. The number of benzene rings is 1. The molecular weight excluding hydrogens is 406 g/mol. The molecule has 8 nitrogen and oxygen atoms in total. The van der Waals surface area contributed by atoms with Gasteiger partial charge in [-0.1, -0.05) is 0 Å². The van der Waals surface area contributed by atoms with Crippen LogP contribution < -0.4 is 14.8 Å². The largest absolute Gasteiger partial charge is 0.493 e. The predicted octanol–water partition coefficient (Wildman–Crippen LogP) is 3.27. The van der Waals surface area contributed by atoms with E-state index in [9.17, 15) is 4.79 Å². The van der Waals surface area contributed by atoms with E-state index in [1.165, 1.54) is 25.9 Å². The number of fused-ring (bicyclic) bond motifs is 1. The number of amides is 1. The highest BCUT2D eigenvalue weighted by molar-refractivity contribution is 5.86. The molecule has 0 saturated carbocycles. The fraction of sp³-hybridized carbons (Fsp3) is 0.625. The van der Waals surface area contributed by atoms with Crippen LogP contribution in [-0.2, 0) is 4.79 Å². The number of likely N-dealkylation sites (tertiary alicyclic amines) is 2. The number of rotatable bonds is 8. The maximum absolute atomic E-state index is 11.7. The van der Waals surface area contributed by atoms with Crippen LogP contribution >= 0.6 is 0 Å². The van der Waals surface area contributed by atoms with E-state index in [1.807, 2.05) is 24.1 Å². The molecule has 0 aliphatic carbocycles. The topological polar surface area (TPSA) is 79.8 Å². The Kier molecular flexibility index (Phi) is 7.29. The molecule has 32 heavy (non-hydrogen) atoms. The molecule has 4 rings (SSSR count). The first-order valence-corrected chi connectivity index (χ1v) is 11.8. The first kappa shape index (κ1) is 22.6. The zero-order valence-corrected chi connectivity index (χ0v) is 19.5. The molecule has 2 fully saturated rings. The highest BCUT2D eigenvalue weighted by Gasteiger charge is 2.26. The Hall–Kier alpha value is -2.61. The summed E-state index contributed by atoms with van der Waals surface area (Å²) >= 11 is 0. The molecule has 1 N–H and O–H groups in total. The molecule has 2 saturated heterocycles. The van der Waals surface area contributed by atoms with Gasteiger partial charge in [0.15, 0.2) is 11.5 Å². The summed E-state index contributed by atoms with van der Waals surface area (Å²) in [5.74, 6) is 2.45. The summed E-state index contributed by atoms with van der Waals surface area (Å²) in [5, 5.41) is 4.09. The Morgan fingerprint density at radius 3 is 2.53 bits per heavy atom. The number of aromatic nitrogens is 2. The third kappa shape index (κ3) is 5.06. The van der Waals surface area contributed by atoms with Crippen molar-refractivity contribution in [1.29, 1.82) is 0 Å². The first-order valence-electron chi connectivity index (χ1n) is 11.8. The van der Waals surface area contributed by atoms with Crippen molar-refractivity contribution in [3.8, 4) is 11.5 Å². The summed E-state index contributed by atoms with van der Waals surface area (Å²) < 4.78 is 11.8. The molecule has 0 bridgehead atoms. The van der Waals surface area contributed by atoms with E-state index in [2.05, 4.69) is 15.2 Å². The number of piperidine rings is 1. The van der Waals surface area contributed by atoms with Crippen LogP contribution in [0, 0.1) is 0 Å². The fourth-order valence-corrected chi connectivity index (χ4v) is 4.80. The van der Waals surface area contributed by atoms with Crippen LogP contribution in [0.1, 0.15) is 50.6 Å². The smallest absolute Gasteiger partial charge is 0.223 e. The highest BCUT2D eigenvalue weighted by atomic mass is 16.5.